The van der Waals surface area contributed by atoms with Gasteiger partial charge in [-0.25, -0.2) is 9.78 Å². The second-order valence-corrected chi connectivity index (χ2v) is 6.05. The number of anilines is 1. The van der Waals surface area contributed by atoms with E-state index in [-0.39, 0.29) is 12.1 Å². The summed E-state index contributed by atoms with van der Waals surface area (Å²) in [5.41, 5.74) is 0.410. The maximum atomic E-state index is 12.0. The minimum atomic E-state index is -0.454. The van der Waals surface area contributed by atoms with E-state index in [1.807, 2.05) is 27.7 Å². The number of aromatic nitrogens is 2. The van der Waals surface area contributed by atoms with Crippen molar-refractivity contribution in [2.24, 2.45) is 0 Å². The highest BCUT2D eigenvalue weighted by Gasteiger charge is 2.30. The standard InChI is InChI=1S/C14H22N4O2/c1-10-12(16-7-6-15-10)17-11-5-8-18(9-11)13(19)20-14(2,3)4/h6-7,11H,5,8-9H2,1-4H3,(H,16,17)/t11-/m1/s1. The van der Waals surface area contributed by atoms with Crippen LogP contribution in [0, 0.1) is 6.92 Å². The summed E-state index contributed by atoms with van der Waals surface area (Å²) in [6.07, 6.45) is 3.96. The molecule has 0 radical (unpaired) electrons. The number of hydrogen-bond donors (Lipinski definition) is 1. The molecule has 110 valence electrons. The third-order valence-corrected chi connectivity index (χ3v) is 3.06. The Labute approximate surface area is 119 Å². The average molecular weight is 278 g/mol. The molecule has 1 fully saturated rings. The Morgan fingerprint density at radius 1 is 1.40 bits per heavy atom. The largest absolute Gasteiger partial charge is 0.444 e. The molecule has 1 aromatic rings. The molecule has 2 heterocycles. The summed E-state index contributed by atoms with van der Waals surface area (Å²) in [5, 5.41) is 3.33. The first kappa shape index (κ1) is 14.6. The normalized spacial score (nSPS) is 19.0. The number of carbonyl (C=O) groups excluding carboxylic acids is 1. The van der Waals surface area contributed by atoms with Gasteiger partial charge in [-0.15, -0.1) is 0 Å². The van der Waals surface area contributed by atoms with Crippen LogP contribution < -0.4 is 5.32 Å². The monoisotopic (exact) mass is 278 g/mol. The first-order valence-electron chi connectivity index (χ1n) is 6.87. The molecule has 0 aliphatic carbocycles. The Morgan fingerprint density at radius 3 is 2.75 bits per heavy atom. The van der Waals surface area contributed by atoms with Gasteiger partial charge < -0.3 is 15.0 Å². The minimum Gasteiger partial charge on any atom is -0.444 e. The molecule has 1 aromatic heterocycles. The number of nitrogens with zero attached hydrogens (tertiary/aromatic N) is 3. The molecular formula is C14H22N4O2. The van der Waals surface area contributed by atoms with E-state index in [0.717, 1.165) is 17.9 Å². The summed E-state index contributed by atoms with van der Waals surface area (Å²) in [6, 6.07) is 0.193. The van der Waals surface area contributed by atoms with Gasteiger partial charge in [0.1, 0.15) is 11.4 Å². The molecular weight excluding hydrogens is 256 g/mol. The fraction of sp³-hybridized carbons (Fsp3) is 0.643. The van der Waals surface area contributed by atoms with Gasteiger partial charge in [-0.3, -0.25) is 4.98 Å². The van der Waals surface area contributed by atoms with E-state index in [4.69, 9.17) is 4.74 Å². The van der Waals surface area contributed by atoms with Crippen molar-refractivity contribution in [3.05, 3.63) is 18.1 Å². The predicted octanol–water partition coefficient (Wildman–Crippen LogP) is 2.21. The first-order valence-corrected chi connectivity index (χ1v) is 6.87. The first-order chi connectivity index (χ1) is 9.35. The van der Waals surface area contributed by atoms with E-state index in [1.165, 1.54) is 0 Å². The SMILES string of the molecule is Cc1nccnc1N[C@@H]1CCN(C(=O)OC(C)(C)C)C1. The van der Waals surface area contributed by atoms with Crippen molar-refractivity contribution in [1.82, 2.24) is 14.9 Å². The number of ether oxygens (including phenoxy) is 1. The van der Waals surface area contributed by atoms with Crippen LogP contribution in [0.25, 0.3) is 0 Å². The number of carbonyl (C=O) groups is 1. The van der Waals surface area contributed by atoms with Crippen molar-refractivity contribution < 1.29 is 9.53 Å². The Hall–Kier alpha value is -1.85. The number of rotatable bonds is 2. The number of amides is 1. The molecule has 1 saturated heterocycles. The van der Waals surface area contributed by atoms with Crippen LogP contribution in [0.3, 0.4) is 0 Å². The zero-order valence-corrected chi connectivity index (χ0v) is 12.5. The lowest BCUT2D eigenvalue weighted by Crippen LogP contribution is -2.36. The lowest BCUT2D eigenvalue weighted by molar-refractivity contribution is 0.0293. The van der Waals surface area contributed by atoms with E-state index in [1.54, 1.807) is 17.3 Å². The smallest absolute Gasteiger partial charge is 0.410 e. The van der Waals surface area contributed by atoms with Crippen molar-refractivity contribution in [2.75, 3.05) is 18.4 Å². The van der Waals surface area contributed by atoms with Crippen LogP contribution in [-0.4, -0.2) is 45.7 Å². The summed E-state index contributed by atoms with van der Waals surface area (Å²) in [7, 11) is 0. The van der Waals surface area contributed by atoms with E-state index in [9.17, 15) is 4.79 Å². The zero-order chi connectivity index (χ0) is 14.8. The minimum absolute atomic E-state index is 0.193. The highest BCUT2D eigenvalue weighted by atomic mass is 16.6. The van der Waals surface area contributed by atoms with Gasteiger partial charge in [0, 0.05) is 31.5 Å². The van der Waals surface area contributed by atoms with Crippen LogP contribution in [0.4, 0.5) is 10.6 Å². The maximum absolute atomic E-state index is 12.0. The quantitative estimate of drug-likeness (QED) is 0.898. The Balaban J connectivity index is 1.90. The second kappa shape index (κ2) is 5.64. The van der Waals surface area contributed by atoms with Crippen LogP contribution in [-0.2, 0) is 4.74 Å². The zero-order valence-electron chi connectivity index (χ0n) is 12.5. The molecule has 20 heavy (non-hydrogen) atoms. The molecule has 1 aliphatic rings. The number of likely N-dealkylation sites (tertiary alicyclic amines) is 1. The molecule has 6 nitrogen and oxygen atoms in total. The van der Waals surface area contributed by atoms with Crippen molar-refractivity contribution in [3.8, 4) is 0 Å². The molecule has 1 atom stereocenters. The van der Waals surface area contributed by atoms with E-state index >= 15 is 0 Å². The average Bonchev–Trinajstić information content (AvgIpc) is 2.79. The van der Waals surface area contributed by atoms with E-state index < -0.39 is 5.60 Å². The molecule has 0 unspecified atom stereocenters. The summed E-state index contributed by atoms with van der Waals surface area (Å²) in [4.78, 5) is 22.2. The van der Waals surface area contributed by atoms with Gasteiger partial charge in [0.2, 0.25) is 0 Å². The van der Waals surface area contributed by atoms with Gasteiger partial charge in [-0.1, -0.05) is 0 Å². The number of hydrogen-bond acceptors (Lipinski definition) is 5. The fourth-order valence-corrected chi connectivity index (χ4v) is 2.11. The third-order valence-electron chi connectivity index (χ3n) is 3.06. The second-order valence-electron chi connectivity index (χ2n) is 6.05. The van der Waals surface area contributed by atoms with Crippen molar-refractivity contribution >= 4 is 11.9 Å². The van der Waals surface area contributed by atoms with Crippen molar-refractivity contribution in [2.45, 2.75) is 45.8 Å². The van der Waals surface area contributed by atoms with Crippen molar-refractivity contribution in [3.63, 3.8) is 0 Å². The number of aryl methyl sites for hydroxylation is 1. The Kier molecular flexibility index (Phi) is 4.11. The van der Waals surface area contributed by atoms with Crippen LogP contribution >= 0.6 is 0 Å². The lowest BCUT2D eigenvalue weighted by Gasteiger charge is -2.24. The molecule has 2 rings (SSSR count). The molecule has 0 saturated carbocycles. The van der Waals surface area contributed by atoms with Crippen molar-refractivity contribution in [1.29, 1.82) is 0 Å². The molecule has 6 heteroatoms. The Morgan fingerprint density at radius 2 is 2.10 bits per heavy atom. The summed E-state index contributed by atoms with van der Waals surface area (Å²) in [6.45, 7) is 8.87. The highest BCUT2D eigenvalue weighted by Crippen LogP contribution is 2.18. The lowest BCUT2D eigenvalue weighted by atomic mass is 10.2. The van der Waals surface area contributed by atoms with Crippen LogP contribution in [0.15, 0.2) is 12.4 Å². The van der Waals surface area contributed by atoms with Gasteiger partial charge in [0.15, 0.2) is 0 Å². The van der Waals surface area contributed by atoms with Gasteiger partial charge in [0.05, 0.1) is 5.69 Å². The van der Waals surface area contributed by atoms with Crippen LogP contribution in [0.2, 0.25) is 0 Å². The van der Waals surface area contributed by atoms with E-state index in [2.05, 4.69) is 15.3 Å². The third kappa shape index (κ3) is 3.82. The fourth-order valence-electron chi connectivity index (χ4n) is 2.11. The predicted molar refractivity (Wildman–Crippen MR) is 76.6 cm³/mol. The maximum Gasteiger partial charge on any atom is 0.410 e. The number of nitrogens with one attached hydrogen (secondary N) is 1. The molecule has 0 bridgehead atoms. The molecule has 1 N–H and O–H groups in total. The van der Waals surface area contributed by atoms with Crippen LogP contribution in [0.1, 0.15) is 32.9 Å². The van der Waals surface area contributed by atoms with Gasteiger partial charge in [-0.05, 0) is 34.1 Å². The molecule has 1 amide bonds. The molecule has 1 aliphatic heterocycles. The van der Waals surface area contributed by atoms with Crippen LogP contribution in [0.5, 0.6) is 0 Å². The van der Waals surface area contributed by atoms with Gasteiger partial charge in [-0.2, -0.15) is 0 Å². The molecule has 0 spiro atoms. The summed E-state index contributed by atoms with van der Waals surface area (Å²) in [5.74, 6) is 0.781. The molecule has 0 aromatic carbocycles. The van der Waals surface area contributed by atoms with Gasteiger partial charge in [0.25, 0.3) is 0 Å². The topological polar surface area (TPSA) is 67.4 Å². The summed E-state index contributed by atoms with van der Waals surface area (Å²) < 4.78 is 5.38. The van der Waals surface area contributed by atoms with Gasteiger partial charge >= 0.3 is 6.09 Å². The Bertz CT molecular complexity index is 484. The van der Waals surface area contributed by atoms with E-state index in [0.29, 0.717) is 13.1 Å². The summed E-state index contributed by atoms with van der Waals surface area (Å²) >= 11 is 0. The highest BCUT2D eigenvalue weighted by molar-refractivity contribution is 5.68.